The number of rotatable bonds is 4. The first kappa shape index (κ1) is 17.1. The maximum absolute atomic E-state index is 12.5. The molecule has 3 N–H and O–H groups in total. The van der Waals surface area contributed by atoms with Crippen molar-refractivity contribution < 1.29 is 9.53 Å². The average molecular weight is 325 g/mol. The molecule has 1 aromatic carbocycles. The number of aryl methyl sites for hydroxylation is 1. The maximum atomic E-state index is 12.5. The molecule has 2 saturated carbocycles. The second-order valence-corrected chi connectivity index (χ2v) is 6.37. The number of anilines is 1. The van der Waals surface area contributed by atoms with E-state index in [1.807, 2.05) is 26.0 Å². The standard InChI is InChI=1S/C17H24N2O2.ClH/c1-3-21-15-10-14(17(15)7-4-8-17)19-16(20)13-9-12(18)6-5-11(13)2;/h5-6,9,14-15H,3-4,7-8,10,18H2,1-2H3,(H,19,20);1H. The predicted octanol–water partition coefficient (Wildman–Crippen LogP) is 3.08. The molecule has 22 heavy (non-hydrogen) atoms. The number of nitrogens with one attached hydrogen (secondary N) is 1. The first-order chi connectivity index (χ1) is 10.1. The molecule has 2 aliphatic rings. The van der Waals surface area contributed by atoms with Gasteiger partial charge in [-0.1, -0.05) is 12.5 Å². The van der Waals surface area contributed by atoms with E-state index >= 15 is 0 Å². The molecule has 2 atom stereocenters. The fraction of sp³-hybridized carbons (Fsp3) is 0.588. The lowest BCUT2D eigenvalue weighted by atomic mass is 9.51. The Labute approximate surface area is 138 Å². The zero-order valence-corrected chi connectivity index (χ0v) is 14.0. The van der Waals surface area contributed by atoms with Gasteiger partial charge in [0.15, 0.2) is 0 Å². The highest BCUT2D eigenvalue weighted by Gasteiger charge is 2.59. The van der Waals surface area contributed by atoms with Gasteiger partial charge in [-0.05, 0) is 50.8 Å². The van der Waals surface area contributed by atoms with Crippen LogP contribution in [0.3, 0.4) is 0 Å². The van der Waals surface area contributed by atoms with Gasteiger partial charge in [0.2, 0.25) is 0 Å². The summed E-state index contributed by atoms with van der Waals surface area (Å²) < 4.78 is 5.82. The molecule has 0 aromatic heterocycles. The molecule has 1 spiro atoms. The molecule has 0 bridgehead atoms. The summed E-state index contributed by atoms with van der Waals surface area (Å²) >= 11 is 0. The van der Waals surface area contributed by atoms with Crippen molar-refractivity contribution in [1.82, 2.24) is 5.32 Å². The Morgan fingerprint density at radius 2 is 2.18 bits per heavy atom. The molecule has 0 heterocycles. The highest BCUT2D eigenvalue weighted by atomic mass is 35.5. The SMILES string of the molecule is CCOC1CC(NC(=O)c2cc(N)ccc2C)C12CCC2.Cl. The van der Waals surface area contributed by atoms with Gasteiger partial charge in [0, 0.05) is 29.3 Å². The van der Waals surface area contributed by atoms with Crippen molar-refractivity contribution in [3.05, 3.63) is 29.3 Å². The van der Waals surface area contributed by atoms with E-state index in [9.17, 15) is 4.79 Å². The molecule has 5 heteroatoms. The van der Waals surface area contributed by atoms with Crippen LogP contribution in [-0.2, 0) is 4.74 Å². The van der Waals surface area contributed by atoms with Crippen LogP contribution in [0.1, 0.15) is 48.5 Å². The molecule has 1 aromatic rings. The van der Waals surface area contributed by atoms with E-state index in [-0.39, 0.29) is 29.8 Å². The number of carbonyl (C=O) groups is 1. The summed E-state index contributed by atoms with van der Waals surface area (Å²) in [5.74, 6) is -0.00831. The van der Waals surface area contributed by atoms with Gasteiger partial charge in [-0.25, -0.2) is 0 Å². The highest BCUT2D eigenvalue weighted by molar-refractivity contribution is 5.96. The van der Waals surface area contributed by atoms with Gasteiger partial charge in [0.05, 0.1) is 6.10 Å². The summed E-state index contributed by atoms with van der Waals surface area (Å²) in [6, 6.07) is 5.73. The van der Waals surface area contributed by atoms with Gasteiger partial charge in [-0.15, -0.1) is 12.4 Å². The third-order valence-electron chi connectivity index (χ3n) is 5.25. The number of carbonyl (C=O) groups excluding carboxylic acids is 1. The Balaban J connectivity index is 0.00000176. The minimum atomic E-state index is -0.00831. The summed E-state index contributed by atoms with van der Waals surface area (Å²) in [4.78, 5) is 12.5. The van der Waals surface area contributed by atoms with Gasteiger partial charge in [0.1, 0.15) is 0 Å². The van der Waals surface area contributed by atoms with E-state index < -0.39 is 0 Å². The molecule has 0 radical (unpaired) electrons. The summed E-state index contributed by atoms with van der Waals surface area (Å²) in [5.41, 5.74) is 8.27. The average Bonchev–Trinajstić information content (AvgIpc) is 2.38. The van der Waals surface area contributed by atoms with Gasteiger partial charge in [0.25, 0.3) is 5.91 Å². The van der Waals surface area contributed by atoms with Gasteiger partial charge in [-0.3, -0.25) is 4.79 Å². The van der Waals surface area contributed by atoms with Crippen molar-refractivity contribution in [1.29, 1.82) is 0 Å². The molecular formula is C17H25ClN2O2. The van der Waals surface area contributed by atoms with Crippen molar-refractivity contribution in [3.8, 4) is 0 Å². The van der Waals surface area contributed by atoms with Crippen LogP contribution < -0.4 is 11.1 Å². The zero-order valence-electron chi connectivity index (χ0n) is 13.2. The summed E-state index contributed by atoms with van der Waals surface area (Å²) in [5, 5.41) is 3.21. The fourth-order valence-corrected chi connectivity index (χ4v) is 3.76. The molecule has 1 amide bonds. The topological polar surface area (TPSA) is 64.3 Å². The summed E-state index contributed by atoms with van der Waals surface area (Å²) in [6.45, 7) is 4.73. The normalized spacial score (nSPS) is 24.8. The molecule has 2 fully saturated rings. The van der Waals surface area contributed by atoms with Crippen LogP contribution in [0.4, 0.5) is 5.69 Å². The van der Waals surface area contributed by atoms with Crippen LogP contribution in [0.2, 0.25) is 0 Å². The van der Waals surface area contributed by atoms with Crippen molar-refractivity contribution in [2.24, 2.45) is 5.41 Å². The quantitative estimate of drug-likeness (QED) is 0.837. The van der Waals surface area contributed by atoms with E-state index in [0.29, 0.717) is 17.4 Å². The number of amides is 1. The molecule has 4 nitrogen and oxygen atoms in total. The van der Waals surface area contributed by atoms with Crippen molar-refractivity contribution in [2.75, 3.05) is 12.3 Å². The van der Waals surface area contributed by atoms with Crippen molar-refractivity contribution in [2.45, 2.75) is 51.7 Å². The van der Waals surface area contributed by atoms with Crippen LogP contribution in [-0.4, -0.2) is 24.7 Å². The summed E-state index contributed by atoms with van der Waals surface area (Å²) in [7, 11) is 0. The van der Waals surface area contributed by atoms with Crippen LogP contribution >= 0.6 is 12.4 Å². The van der Waals surface area contributed by atoms with E-state index in [4.69, 9.17) is 10.5 Å². The Morgan fingerprint density at radius 3 is 2.77 bits per heavy atom. The second-order valence-electron chi connectivity index (χ2n) is 6.37. The lowest BCUT2D eigenvalue weighted by Gasteiger charge is -2.61. The molecular weight excluding hydrogens is 300 g/mol. The first-order valence-corrected chi connectivity index (χ1v) is 7.85. The number of hydrogen-bond acceptors (Lipinski definition) is 3. The number of nitrogen functional groups attached to an aromatic ring is 1. The minimum absolute atomic E-state index is 0. The van der Waals surface area contributed by atoms with E-state index in [1.165, 1.54) is 19.3 Å². The molecule has 2 aliphatic carbocycles. The van der Waals surface area contributed by atoms with Gasteiger partial charge >= 0.3 is 0 Å². The molecule has 3 rings (SSSR count). The first-order valence-electron chi connectivity index (χ1n) is 7.85. The largest absolute Gasteiger partial charge is 0.399 e. The number of nitrogens with two attached hydrogens (primary N) is 1. The molecule has 0 saturated heterocycles. The van der Waals surface area contributed by atoms with Crippen LogP contribution in [0.5, 0.6) is 0 Å². The van der Waals surface area contributed by atoms with Crippen LogP contribution in [0, 0.1) is 12.3 Å². The van der Waals surface area contributed by atoms with E-state index in [2.05, 4.69) is 5.32 Å². The molecule has 2 unspecified atom stereocenters. The van der Waals surface area contributed by atoms with E-state index in [0.717, 1.165) is 18.6 Å². The summed E-state index contributed by atoms with van der Waals surface area (Å²) in [6.07, 6.45) is 4.83. The number of hydrogen-bond donors (Lipinski definition) is 2. The smallest absolute Gasteiger partial charge is 0.251 e. The third-order valence-corrected chi connectivity index (χ3v) is 5.25. The zero-order chi connectivity index (χ0) is 15.0. The third kappa shape index (κ3) is 2.70. The lowest BCUT2D eigenvalue weighted by molar-refractivity contribution is -0.169. The number of benzene rings is 1. The Morgan fingerprint density at radius 1 is 1.45 bits per heavy atom. The lowest BCUT2D eigenvalue weighted by Crippen LogP contribution is -2.67. The Kier molecular flexibility index (Phi) is 5.03. The monoisotopic (exact) mass is 324 g/mol. The Bertz CT molecular complexity index is 558. The number of halogens is 1. The van der Waals surface area contributed by atoms with E-state index in [1.54, 1.807) is 6.07 Å². The minimum Gasteiger partial charge on any atom is -0.399 e. The Hall–Kier alpha value is -1.26. The second kappa shape index (κ2) is 6.47. The highest BCUT2D eigenvalue weighted by Crippen LogP contribution is 2.57. The van der Waals surface area contributed by atoms with Crippen molar-refractivity contribution >= 4 is 24.0 Å². The van der Waals surface area contributed by atoms with Crippen molar-refractivity contribution in [3.63, 3.8) is 0 Å². The molecule has 122 valence electrons. The van der Waals surface area contributed by atoms with Crippen LogP contribution in [0.25, 0.3) is 0 Å². The van der Waals surface area contributed by atoms with Crippen LogP contribution in [0.15, 0.2) is 18.2 Å². The maximum Gasteiger partial charge on any atom is 0.251 e. The van der Waals surface area contributed by atoms with Gasteiger partial charge in [-0.2, -0.15) is 0 Å². The van der Waals surface area contributed by atoms with Gasteiger partial charge < -0.3 is 15.8 Å². The molecule has 0 aliphatic heterocycles. The fourth-order valence-electron chi connectivity index (χ4n) is 3.76. The number of ether oxygens (including phenoxy) is 1. The predicted molar refractivity (Wildman–Crippen MR) is 90.4 cm³/mol.